The predicted octanol–water partition coefficient (Wildman–Crippen LogP) is 6.50. The van der Waals surface area contributed by atoms with E-state index in [9.17, 15) is 4.79 Å². The van der Waals surface area contributed by atoms with Crippen LogP contribution < -0.4 is 14.8 Å². The molecule has 0 aliphatic rings. The van der Waals surface area contributed by atoms with E-state index >= 15 is 0 Å². The smallest absolute Gasteiger partial charge is 0.160 e. The van der Waals surface area contributed by atoms with Gasteiger partial charge in [0.2, 0.25) is 0 Å². The van der Waals surface area contributed by atoms with Crippen molar-refractivity contribution in [3.05, 3.63) is 89.5 Å². The SMILES string of the molecule is CCC(CC)(Pc1ccccc1C(C)=O)c1cc(OC)ccc1OCc1ccccc1. The average molecular weight is 435 g/mol. The van der Waals surface area contributed by atoms with Crippen molar-refractivity contribution in [2.45, 2.75) is 45.4 Å². The van der Waals surface area contributed by atoms with Crippen molar-refractivity contribution >= 4 is 19.7 Å². The van der Waals surface area contributed by atoms with Gasteiger partial charge in [0.1, 0.15) is 18.1 Å². The molecule has 0 aliphatic carbocycles. The first-order valence-electron chi connectivity index (χ1n) is 10.8. The normalized spacial score (nSPS) is 11.6. The lowest BCUT2D eigenvalue weighted by atomic mass is 9.91. The van der Waals surface area contributed by atoms with Gasteiger partial charge in [0.25, 0.3) is 0 Å². The number of hydrogen-bond acceptors (Lipinski definition) is 3. The van der Waals surface area contributed by atoms with Crippen LogP contribution in [0.5, 0.6) is 11.5 Å². The largest absolute Gasteiger partial charge is 0.497 e. The predicted molar refractivity (Wildman–Crippen MR) is 130 cm³/mol. The Hall–Kier alpha value is -2.64. The third-order valence-corrected chi connectivity index (χ3v) is 7.99. The second-order valence-corrected chi connectivity index (χ2v) is 9.40. The topological polar surface area (TPSA) is 35.5 Å². The zero-order valence-corrected chi connectivity index (χ0v) is 19.8. The fourth-order valence-corrected chi connectivity index (χ4v) is 5.68. The number of carbonyl (C=O) groups is 1. The van der Waals surface area contributed by atoms with E-state index in [2.05, 4.69) is 38.1 Å². The monoisotopic (exact) mass is 434 g/mol. The van der Waals surface area contributed by atoms with E-state index in [-0.39, 0.29) is 10.9 Å². The van der Waals surface area contributed by atoms with E-state index in [1.165, 1.54) is 0 Å². The highest BCUT2D eigenvalue weighted by Crippen LogP contribution is 2.51. The lowest BCUT2D eigenvalue weighted by molar-refractivity contribution is 0.101. The molecule has 3 aromatic carbocycles. The van der Waals surface area contributed by atoms with Crippen molar-refractivity contribution in [1.82, 2.24) is 0 Å². The van der Waals surface area contributed by atoms with Crippen LogP contribution in [-0.4, -0.2) is 12.9 Å². The molecule has 1 atom stereocenters. The summed E-state index contributed by atoms with van der Waals surface area (Å²) in [6, 6.07) is 24.2. The van der Waals surface area contributed by atoms with Gasteiger partial charge in [-0.15, -0.1) is 0 Å². The summed E-state index contributed by atoms with van der Waals surface area (Å²) in [5.41, 5.74) is 3.08. The number of methoxy groups -OCH3 is 1. The molecule has 0 fully saturated rings. The maximum Gasteiger partial charge on any atom is 0.160 e. The minimum atomic E-state index is -0.147. The van der Waals surface area contributed by atoms with E-state index in [0.29, 0.717) is 15.2 Å². The van der Waals surface area contributed by atoms with Crippen molar-refractivity contribution < 1.29 is 14.3 Å². The number of Topliss-reactive ketones (excluding diaryl/α,β-unsaturated/α-hetero) is 1. The molecule has 1 unspecified atom stereocenters. The maximum absolute atomic E-state index is 12.3. The van der Waals surface area contributed by atoms with Crippen molar-refractivity contribution in [2.24, 2.45) is 0 Å². The maximum atomic E-state index is 12.3. The molecule has 3 aromatic rings. The molecule has 0 saturated carbocycles. The molecule has 0 spiro atoms. The fraction of sp³-hybridized carbons (Fsp3) is 0.296. The summed E-state index contributed by atoms with van der Waals surface area (Å²) >= 11 is 0. The molecule has 0 heterocycles. The van der Waals surface area contributed by atoms with Crippen LogP contribution in [0.4, 0.5) is 0 Å². The Bertz CT molecular complexity index is 1010. The van der Waals surface area contributed by atoms with Gasteiger partial charge in [0.15, 0.2) is 5.78 Å². The van der Waals surface area contributed by atoms with E-state index in [4.69, 9.17) is 9.47 Å². The summed E-state index contributed by atoms with van der Waals surface area (Å²) in [5.74, 6) is 1.80. The minimum absolute atomic E-state index is 0.107. The Morgan fingerprint density at radius 3 is 2.26 bits per heavy atom. The summed E-state index contributed by atoms with van der Waals surface area (Å²) in [6.07, 6.45) is 1.87. The standard InChI is InChI=1S/C27H31O3P/c1-5-27(6-2,31-26-15-11-10-14-23(26)20(3)28)24-18-22(29-4)16-17-25(24)30-19-21-12-8-7-9-13-21/h7-18,31H,5-6,19H2,1-4H3. The molecule has 0 amide bonds. The summed E-state index contributed by atoms with van der Waals surface area (Å²) in [4.78, 5) is 12.3. The number of carbonyl (C=O) groups excluding carboxylic acids is 1. The van der Waals surface area contributed by atoms with Crippen molar-refractivity contribution in [2.75, 3.05) is 7.11 Å². The molecule has 0 radical (unpaired) electrons. The van der Waals surface area contributed by atoms with E-state index in [1.807, 2.05) is 48.5 Å². The van der Waals surface area contributed by atoms with Gasteiger partial charge in [-0.1, -0.05) is 77.0 Å². The summed E-state index contributed by atoms with van der Waals surface area (Å²) in [5, 5.41) is 0.960. The molecule has 0 bridgehead atoms. The Morgan fingerprint density at radius 2 is 1.61 bits per heavy atom. The van der Waals surface area contributed by atoms with E-state index in [1.54, 1.807) is 14.0 Å². The summed E-state index contributed by atoms with van der Waals surface area (Å²) in [7, 11) is 2.13. The van der Waals surface area contributed by atoms with Crippen molar-refractivity contribution in [3.8, 4) is 11.5 Å². The summed E-state index contributed by atoms with van der Waals surface area (Å²) < 4.78 is 11.9. The van der Waals surface area contributed by atoms with Crippen LogP contribution in [0.15, 0.2) is 72.8 Å². The van der Waals surface area contributed by atoms with Gasteiger partial charge < -0.3 is 9.47 Å². The third kappa shape index (κ3) is 5.35. The first kappa shape index (κ1) is 23.0. The van der Waals surface area contributed by atoms with Gasteiger partial charge in [-0.2, -0.15) is 0 Å². The van der Waals surface area contributed by atoms with Crippen LogP contribution in [0.25, 0.3) is 0 Å². The van der Waals surface area contributed by atoms with Crippen LogP contribution in [0, 0.1) is 0 Å². The highest BCUT2D eigenvalue weighted by atomic mass is 31.1. The Morgan fingerprint density at radius 1 is 0.935 bits per heavy atom. The van der Waals surface area contributed by atoms with Gasteiger partial charge in [-0.25, -0.2) is 0 Å². The second-order valence-electron chi connectivity index (χ2n) is 7.65. The average Bonchev–Trinajstić information content (AvgIpc) is 2.82. The molecular weight excluding hydrogens is 403 g/mol. The number of rotatable bonds is 10. The quantitative estimate of drug-likeness (QED) is 0.270. The molecule has 3 rings (SSSR count). The number of hydrogen-bond donors (Lipinski definition) is 0. The van der Waals surface area contributed by atoms with Crippen LogP contribution in [0.2, 0.25) is 0 Å². The van der Waals surface area contributed by atoms with Crippen LogP contribution in [-0.2, 0) is 11.8 Å². The van der Waals surface area contributed by atoms with Crippen molar-refractivity contribution in [3.63, 3.8) is 0 Å². The first-order chi connectivity index (χ1) is 15.0. The Balaban J connectivity index is 2.03. The molecule has 0 aromatic heterocycles. The first-order valence-corrected chi connectivity index (χ1v) is 11.8. The van der Waals surface area contributed by atoms with Gasteiger partial charge >= 0.3 is 0 Å². The van der Waals surface area contributed by atoms with Gasteiger partial charge in [0, 0.05) is 16.3 Å². The summed E-state index contributed by atoms with van der Waals surface area (Å²) in [6.45, 7) is 6.58. The molecule has 31 heavy (non-hydrogen) atoms. The highest BCUT2D eigenvalue weighted by molar-refractivity contribution is 7.48. The Kier molecular flexibility index (Phi) is 7.87. The Labute approximate surface area is 187 Å². The van der Waals surface area contributed by atoms with Gasteiger partial charge in [-0.3, -0.25) is 4.79 Å². The number of ether oxygens (including phenoxy) is 2. The molecule has 0 aliphatic heterocycles. The van der Waals surface area contributed by atoms with Crippen LogP contribution in [0.1, 0.15) is 55.1 Å². The number of benzene rings is 3. The van der Waals surface area contributed by atoms with Crippen molar-refractivity contribution in [1.29, 1.82) is 0 Å². The highest BCUT2D eigenvalue weighted by Gasteiger charge is 2.33. The lowest BCUT2D eigenvalue weighted by Gasteiger charge is -2.35. The molecule has 4 heteroatoms. The van der Waals surface area contributed by atoms with E-state index in [0.717, 1.165) is 46.3 Å². The molecule has 0 N–H and O–H groups in total. The molecular formula is C27H31O3P. The van der Waals surface area contributed by atoms with Gasteiger partial charge in [-0.05, 0) is 48.8 Å². The minimum Gasteiger partial charge on any atom is -0.497 e. The molecule has 3 nitrogen and oxygen atoms in total. The van der Waals surface area contributed by atoms with Crippen LogP contribution in [0.3, 0.4) is 0 Å². The van der Waals surface area contributed by atoms with Crippen LogP contribution >= 0.6 is 8.58 Å². The zero-order valence-electron chi connectivity index (χ0n) is 18.8. The second kappa shape index (κ2) is 10.6. The van der Waals surface area contributed by atoms with Gasteiger partial charge in [0.05, 0.1) is 7.11 Å². The zero-order chi connectivity index (χ0) is 22.3. The van der Waals surface area contributed by atoms with E-state index < -0.39 is 0 Å². The fourth-order valence-electron chi connectivity index (χ4n) is 3.90. The molecule has 162 valence electrons. The third-order valence-electron chi connectivity index (χ3n) is 5.83. The number of ketones is 1. The molecule has 0 saturated heterocycles. The lowest BCUT2D eigenvalue weighted by Crippen LogP contribution is -2.24.